The molecule has 0 aliphatic heterocycles. The van der Waals surface area contributed by atoms with Gasteiger partial charge in [0.15, 0.2) is 6.61 Å². The Bertz CT molecular complexity index is 676. The first-order chi connectivity index (χ1) is 11.2. The van der Waals surface area contributed by atoms with Gasteiger partial charge in [-0.05, 0) is 18.1 Å². The maximum absolute atomic E-state index is 12.0. The third-order valence-corrected chi connectivity index (χ3v) is 4.78. The van der Waals surface area contributed by atoms with Crippen LogP contribution in [0.25, 0.3) is 0 Å². The molecule has 1 aromatic carbocycles. The van der Waals surface area contributed by atoms with E-state index in [-0.39, 0.29) is 29.5 Å². The van der Waals surface area contributed by atoms with Crippen LogP contribution in [0.4, 0.5) is 0 Å². The molecule has 9 heteroatoms. The minimum Gasteiger partial charge on any atom is -0.456 e. The highest BCUT2D eigenvalue weighted by Crippen LogP contribution is 2.19. The lowest BCUT2D eigenvalue weighted by Crippen LogP contribution is -2.32. The zero-order valence-electron chi connectivity index (χ0n) is 13.5. The molecule has 0 unspecified atom stereocenters. The number of hydrogen-bond acceptors (Lipinski definition) is 5. The number of ether oxygens (including phenoxy) is 1. The zero-order valence-corrected chi connectivity index (χ0v) is 15.1. The fraction of sp³-hybridized carbons (Fsp3) is 0.467. The lowest BCUT2D eigenvalue weighted by molar-refractivity contribution is -0.148. The fourth-order valence-electron chi connectivity index (χ4n) is 1.62. The smallest absolute Gasteiger partial charge is 0.307 e. The summed E-state index contributed by atoms with van der Waals surface area (Å²) in [5, 5.41) is 2.70. The first-order valence-corrected chi connectivity index (χ1v) is 9.25. The first-order valence-electron chi connectivity index (χ1n) is 7.39. The van der Waals surface area contributed by atoms with Gasteiger partial charge < -0.3 is 10.1 Å². The van der Waals surface area contributed by atoms with Gasteiger partial charge in [-0.1, -0.05) is 37.6 Å². The van der Waals surface area contributed by atoms with E-state index in [1.54, 1.807) is 12.1 Å². The standard InChI is InChI=1S/C15H21ClN2O5S/c1-11(2)9-17-14(19)10-23-15(20)7-8-18-24(21,22)13-6-4-3-5-12(13)16/h3-6,11,18H,7-10H2,1-2H3,(H,17,19). The van der Waals surface area contributed by atoms with Crippen molar-refractivity contribution in [2.24, 2.45) is 5.92 Å². The Kier molecular flexibility index (Phi) is 8.17. The van der Waals surface area contributed by atoms with Gasteiger partial charge in [-0.25, -0.2) is 13.1 Å². The molecule has 0 heterocycles. The molecule has 0 radical (unpaired) electrons. The van der Waals surface area contributed by atoms with Crippen molar-refractivity contribution in [2.45, 2.75) is 25.2 Å². The number of amides is 1. The van der Waals surface area contributed by atoms with Crippen molar-refractivity contribution >= 4 is 33.5 Å². The van der Waals surface area contributed by atoms with Crippen LogP contribution in [0.2, 0.25) is 5.02 Å². The molecule has 7 nitrogen and oxygen atoms in total. The van der Waals surface area contributed by atoms with Gasteiger partial charge in [0.05, 0.1) is 11.4 Å². The first kappa shape index (κ1) is 20.4. The van der Waals surface area contributed by atoms with Crippen LogP contribution >= 0.6 is 11.6 Å². The predicted molar refractivity (Wildman–Crippen MR) is 90.1 cm³/mol. The second kappa shape index (κ2) is 9.61. The van der Waals surface area contributed by atoms with E-state index in [0.717, 1.165) is 0 Å². The van der Waals surface area contributed by atoms with Crippen molar-refractivity contribution in [3.05, 3.63) is 29.3 Å². The van der Waals surface area contributed by atoms with E-state index in [4.69, 9.17) is 16.3 Å². The molecular weight excluding hydrogens is 356 g/mol. The summed E-state index contributed by atoms with van der Waals surface area (Å²) in [6.45, 7) is 3.84. The van der Waals surface area contributed by atoms with Crippen LogP contribution in [-0.2, 0) is 24.3 Å². The van der Waals surface area contributed by atoms with Crippen LogP contribution in [0, 0.1) is 5.92 Å². The molecular formula is C15H21ClN2O5S. The van der Waals surface area contributed by atoms with Crippen molar-refractivity contribution in [1.82, 2.24) is 10.0 Å². The summed E-state index contributed by atoms with van der Waals surface area (Å²) in [6.07, 6.45) is -0.193. The van der Waals surface area contributed by atoms with E-state index in [1.165, 1.54) is 12.1 Å². The van der Waals surface area contributed by atoms with E-state index in [9.17, 15) is 18.0 Å². The van der Waals surface area contributed by atoms with Crippen LogP contribution in [-0.4, -0.2) is 40.0 Å². The molecule has 0 saturated carbocycles. The zero-order chi connectivity index (χ0) is 18.2. The average Bonchev–Trinajstić information content (AvgIpc) is 2.51. The Morgan fingerprint density at radius 2 is 1.92 bits per heavy atom. The van der Waals surface area contributed by atoms with Gasteiger partial charge in [-0.15, -0.1) is 0 Å². The molecule has 0 saturated heterocycles. The van der Waals surface area contributed by atoms with Gasteiger partial charge in [0.25, 0.3) is 5.91 Å². The number of nitrogens with one attached hydrogen (secondary N) is 2. The number of carbonyl (C=O) groups excluding carboxylic acids is 2. The Morgan fingerprint density at radius 1 is 1.25 bits per heavy atom. The van der Waals surface area contributed by atoms with E-state index in [1.807, 2.05) is 13.8 Å². The van der Waals surface area contributed by atoms with Crippen molar-refractivity contribution in [3.8, 4) is 0 Å². The quantitative estimate of drug-likeness (QED) is 0.633. The number of rotatable bonds is 9. The summed E-state index contributed by atoms with van der Waals surface area (Å²) >= 11 is 5.83. The molecule has 134 valence electrons. The molecule has 0 aliphatic carbocycles. The Balaban J connectivity index is 2.35. The summed E-state index contributed by atoms with van der Waals surface area (Å²) in [4.78, 5) is 22.8. The van der Waals surface area contributed by atoms with Crippen LogP contribution in [0.15, 0.2) is 29.2 Å². The predicted octanol–water partition coefficient (Wildman–Crippen LogP) is 1.32. The van der Waals surface area contributed by atoms with Gasteiger partial charge in [-0.2, -0.15) is 0 Å². The average molecular weight is 377 g/mol. The minimum atomic E-state index is -3.81. The topological polar surface area (TPSA) is 102 Å². The third-order valence-electron chi connectivity index (χ3n) is 2.82. The van der Waals surface area contributed by atoms with E-state index < -0.39 is 21.9 Å². The second-order valence-electron chi connectivity index (χ2n) is 5.44. The normalized spacial score (nSPS) is 11.3. The molecule has 1 rings (SSSR count). The highest BCUT2D eigenvalue weighted by Gasteiger charge is 2.17. The van der Waals surface area contributed by atoms with E-state index in [0.29, 0.717) is 12.5 Å². The number of halogens is 1. The Labute approximate surface area is 146 Å². The van der Waals surface area contributed by atoms with Crippen LogP contribution < -0.4 is 10.0 Å². The number of carbonyl (C=O) groups is 2. The maximum Gasteiger partial charge on any atom is 0.307 e. The minimum absolute atomic E-state index is 0.0619. The lowest BCUT2D eigenvalue weighted by atomic mass is 10.2. The highest BCUT2D eigenvalue weighted by molar-refractivity contribution is 7.89. The van der Waals surface area contributed by atoms with Gasteiger partial charge in [-0.3, -0.25) is 9.59 Å². The van der Waals surface area contributed by atoms with Gasteiger partial charge in [0.1, 0.15) is 4.90 Å². The molecule has 0 spiro atoms. The summed E-state index contributed by atoms with van der Waals surface area (Å²) < 4.78 is 31.1. The van der Waals surface area contributed by atoms with Crippen LogP contribution in [0.3, 0.4) is 0 Å². The molecule has 0 fully saturated rings. The van der Waals surface area contributed by atoms with Crippen molar-refractivity contribution in [3.63, 3.8) is 0 Å². The lowest BCUT2D eigenvalue weighted by Gasteiger charge is -2.09. The molecule has 0 atom stereocenters. The maximum atomic E-state index is 12.0. The fourth-order valence-corrected chi connectivity index (χ4v) is 3.16. The third kappa shape index (κ3) is 7.29. The number of hydrogen-bond donors (Lipinski definition) is 2. The van der Waals surface area contributed by atoms with Crippen molar-refractivity contribution in [2.75, 3.05) is 19.7 Å². The van der Waals surface area contributed by atoms with Crippen LogP contribution in [0.1, 0.15) is 20.3 Å². The summed E-state index contributed by atoms with van der Waals surface area (Å²) in [6, 6.07) is 5.98. The summed E-state index contributed by atoms with van der Waals surface area (Å²) in [7, 11) is -3.81. The van der Waals surface area contributed by atoms with Crippen molar-refractivity contribution in [1.29, 1.82) is 0 Å². The van der Waals surface area contributed by atoms with Crippen molar-refractivity contribution < 1.29 is 22.7 Å². The highest BCUT2D eigenvalue weighted by atomic mass is 35.5. The van der Waals surface area contributed by atoms with E-state index in [2.05, 4.69) is 10.0 Å². The number of sulfonamides is 1. The van der Waals surface area contributed by atoms with Gasteiger partial charge >= 0.3 is 5.97 Å². The Hall–Kier alpha value is -1.64. The largest absolute Gasteiger partial charge is 0.456 e. The van der Waals surface area contributed by atoms with E-state index >= 15 is 0 Å². The monoisotopic (exact) mass is 376 g/mol. The molecule has 0 bridgehead atoms. The molecule has 0 aliphatic rings. The number of esters is 1. The molecule has 0 aromatic heterocycles. The number of benzene rings is 1. The molecule has 1 amide bonds. The van der Waals surface area contributed by atoms with Crippen LogP contribution in [0.5, 0.6) is 0 Å². The summed E-state index contributed by atoms with van der Waals surface area (Å²) in [5.41, 5.74) is 0. The SMILES string of the molecule is CC(C)CNC(=O)COC(=O)CCNS(=O)(=O)c1ccccc1Cl. The van der Waals surface area contributed by atoms with Gasteiger partial charge in [0.2, 0.25) is 10.0 Å². The molecule has 2 N–H and O–H groups in total. The summed E-state index contributed by atoms with van der Waals surface area (Å²) in [5.74, 6) is -0.769. The Morgan fingerprint density at radius 3 is 2.54 bits per heavy atom. The molecule has 24 heavy (non-hydrogen) atoms. The molecule has 1 aromatic rings. The van der Waals surface area contributed by atoms with Gasteiger partial charge in [0, 0.05) is 13.1 Å². The second-order valence-corrected chi connectivity index (χ2v) is 7.58.